The summed E-state index contributed by atoms with van der Waals surface area (Å²) in [6.07, 6.45) is 2.42. The molecule has 8 heteroatoms. The van der Waals surface area contributed by atoms with Gasteiger partial charge in [-0.3, -0.25) is 9.10 Å². The largest absolute Gasteiger partial charge is 0.497 e. The Bertz CT molecular complexity index is 1020. The van der Waals surface area contributed by atoms with E-state index >= 15 is 0 Å². The Morgan fingerprint density at radius 2 is 1.94 bits per heavy atom. The summed E-state index contributed by atoms with van der Waals surface area (Å²) in [4.78, 5) is 12.7. The molecule has 0 spiro atoms. The topological polar surface area (TPSA) is 84.9 Å². The van der Waals surface area contributed by atoms with Crippen molar-refractivity contribution < 1.29 is 22.7 Å². The lowest BCUT2D eigenvalue weighted by Crippen LogP contribution is -2.41. The zero-order chi connectivity index (χ0) is 22.6. The molecule has 31 heavy (non-hydrogen) atoms. The molecule has 0 radical (unpaired) electrons. The maximum Gasteiger partial charge on any atom is 0.232 e. The predicted molar refractivity (Wildman–Crippen MR) is 121 cm³/mol. The van der Waals surface area contributed by atoms with Crippen LogP contribution in [0.4, 0.5) is 5.69 Å². The van der Waals surface area contributed by atoms with Gasteiger partial charge in [0.2, 0.25) is 15.9 Å². The highest BCUT2D eigenvalue weighted by molar-refractivity contribution is 7.92. The van der Waals surface area contributed by atoms with Gasteiger partial charge in [0, 0.05) is 24.9 Å². The van der Waals surface area contributed by atoms with Gasteiger partial charge in [0.05, 0.1) is 25.1 Å². The molecule has 1 atom stereocenters. The van der Waals surface area contributed by atoms with Gasteiger partial charge in [0.1, 0.15) is 17.1 Å². The molecule has 1 aliphatic heterocycles. The number of nitrogens with one attached hydrogen (secondary N) is 1. The Morgan fingerprint density at radius 1 is 1.23 bits per heavy atom. The molecule has 0 aromatic heterocycles. The van der Waals surface area contributed by atoms with Gasteiger partial charge in [0.15, 0.2) is 0 Å². The average molecular weight is 447 g/mol. The first-order valence-electron chi connectivity index (χ1n) is 10.3. The van der Waals surface area contributed by atoms with E-state index in [2.05, 4.69) is 5.32 Å². The van der Waals surface area contributed by atoms with Gasteiger partial charge in [-0.05, 0) is 50.6 Å². The molecular formula is C23H30N2O5S. The maximum atomic E-state index is 12.7. The van der Waals surface area contributed by atoms with Crippen LogP contribution < -0.4 is 19.1 Å². The van der Waals surface area contributed by atoms with Crippen molar-refractivity contribution in [1.82, 2.24) is 5.32 Å². The number of fused-ring (bicyclic) bond motifs is 1. The lowest BCUT2D eigenvalue weighted by atomic mass is 9.89. The fraction of sp³-hybridized carbons (Fsp3) is 0.435. The molecule has 1 N–H and O–H groups in total. The number of nitrogens with zero attached hydrogens (tertiary/aromatic N) is 1. The summed E-state index contributed by atoms with van der Waals surface area (Å²) in [7, 11) is -1.83. The van der Waals surface area contributed by atoms with Gasteiger partial charge >= 0.3 is 0 Å². The van der Waals surface area contributed by atoms with Gasteiger partial charge in [-0.1, -0.05) is 18.2 Å². The van der Waals surface area contributed by atoms with E-state index in [4.69, 9.17) is 9.47 Å². The monoisotopic (exact) mass is 446 g/mol. The molecule has 1 heterocycles. The van der Waals surface area contributed by atoms with Crippen LogP contribution in [0.15, 0.2) is 48.5 Å². The fourth-order valence-corrected chi connectivity index (χ4v) is 4.78. The molecule has 0 saturated carbocycles. The first-order valence-corrected chi connectivity index (χ1v) is 12.1. The molecule has 0 aliphatic carbocycles. The number of sulfonamides is 1. The summed E-state index contributed by atoms with van der Waals surface area (Å²) in [5, 5.41) is 3.09. The zero-order valence-electron chi connectivity index (χ0n) is 18.4. The van der Waals surface area contributed by atoms with Crippen molar-refractivity contribution in [1.29, 1.82) is 0 Å². The Balaban J connectivity index is 1.65. The van der Waals surface area contributed by atoms with Crippen LogP contribution in [0.25, 0.3) is 0 Å². The van der Waals surface area contributed by atoms with Crippen molar-refractivity contribution in [2.24, 2.45) is 0 Å². The number of carbonyl (C=O) groups excluding carboxylic acids is 1. The van der Waals surface area contributed by atoms with E-state index in [9.17, 15) is 13.2 Å². The molecule has 168 valence electrons. The minimum atomic E-state index is -3.43. The summed E-state index contributed by atoms with van der Waals surface area (Å²) in [6, 6.07) is 14.3. The van der Waals surface area contributed by atoms with E-state index in [1.165, 1.54) is 10.6 Å². The summed E-state index contributed by atoms with van der Waals surface area (Å²) >= 11 is 0. The van der Waals surface area contributed by atoms with E-state index < -0.39 is 15.6 Å². The summed E-state index contributed by atoms with van der Waals surface area (Å²) in [6.45, 7) is 4.21. The van der Waals surface area contributed by atoms with Crippen LogP contribution in [0.2, 0.25) is 0 Å². The van der Waals surface area contributed by atoms with Crippen LogP contribution in [0, 0.1) is 0 Å². The number of hydrogen-bond acceptors (Lipinski definition) is 5. The quantitative estimate of drug-likeness (QED) is 0.669. The predicted octanol–water partition coefficient (Wildman–Crippen LogP) is 3.66. The number of hydrogen-bond donors (Lipinski definition) is 1. The Labute approximate surface area is 184 Å². The van der Waals surface area contributed by atoms with Crippen LogP contribution in [-0.2, 0) is 14.8 Å². The number of carbonyl (C=O) groups is 1. The van der Waals surface area contributed by atoms with Crippen molar-refractivity contribution in [3.63, 3.8) is 0 Å². The highest BCUT2D eigenvalue weighted by atomic mass is 32.2. The first kappa shape index (κ1) is 22.9. The third kappa shape index (κ3) is 5.91. The molecule has 1 unspecified atom stereocenters. The molecule has 3 rings (SSSR count). The van der Waals surface area contributed by atoms with Crippen LogP contribution in [-0.4, -0.2) is 39.8 Å². The number of amides is 1. The van der Waals surface area contributed by atoms with Crippen LogP contribution in [0.3, 0.4) is 0 Å². The van der Waals surface area contributed by atoms with E-state index in [0.717, 1.165) is 11.3 Å². The summed E-state index contributed by atoms with van der Waals surface area (Å²) < 4.78 is 37.1. The number of methoxy groups -OCH3 is 1. The van der Waals surface area contributed by atoms with Crippen molar-refractivity contribution in [3.05, 3.63) is 54.1 Å². The maximum absolute atomic E-state index is 12.7. The standard InChI is InChI=1S/C23H30N2O5S/c1-23(2)16-20(19-15-18(29-3)12-13-21(19)30-23)24-22(26)11-8-14-25(31(4,27)28)17-9-6-5-7-10-17/h5-7,9-10,12-13,15,20H,8,11,14,16H2,1-4H3,(H,24,26). The summed E-state index contributed by atoms with van der Waals surface area (Å²) in [5.41, 5.74) is 1.06. The van der Waals surface area contributed by atoms with E-state index in [1.807, 2.05) is 38.1 Å². The highest BCUT2D eigenvalue weighted by Gasteiger charge is 2.34. The van der Waals surface area contributed by atoms with Crippen LogP contribution in [0.1, 0.15) is 44.7 Å². The Morgan fingerprint density at radius 3 is 2.58 bits per heavy atom. The molecule has 1 amide bonds. The second-order valence-electron chi connectivity index (χ2n) is 8.36. The minimum absolute atomic E-state index is 0.127. The molecule has 1 aliphatic rings. The van der Waals surface area contributed by atoms with Crippen LogP contribution >= 0.6 is 0 Å². The van der Waals surface area contributed by atoms with E-state index in [1.54, 1.807) is 31.4 Å². The SMILES string of the molecule is COc1ccc2c(c1)C(NC(=O)CCCN(c1ccccc1)S(C)(=O)=O)CC(C)(C)O2. The van der Waals surface area contributed by atoms with Gasteiger partial charge in [-0.15, -0.1) is 0 Å². The number of rotatable bonds is 8. The normalized spacial score (nSPS) is 17.2. The fourth-order valence-electron chi connectivity index (χ4n) is 3.82. The number of benzene rings is 2. The molecule has 0 fully saturated rings. The smallest absolute Gasteiger partial charge is 0.232 e. The molecular weight excluding hydrogens is 416 g/mol. The second-order valence-corrected chi connectivity index (χ2v) is 10.3. The molecule has 2 aromatic rings. The lowest BCUT2D eigenvalue weighted by Gasteiger charge is -2.38. The van der Waals surface area contributed by atoms with Crippen LogP contribution in [0.5, 0.6) is 11.5 Å². The molecule has 7 nitrogen and oxygen atoms in total. The van der Waals surface area contributed by atoms with Crippen molar-refractivity contribution in [2.45, 2.75) is 44.8 Å². The number of ether oxygens (including phenoxy) is 2. The van der Waals surface area contributed by atoms with E-state index in [-0.39, 0.29) is 24.9 Å². The van der Waals surface area contributed by atoms with Crippen molar-refractivity contribution in [2.75, 3.05) is 24.2 Å². The average Bonchev–Trinajstić information content (AvgIpc) is 2.70. The van der Waals surface area contributed by atoms with Gasteiger partial charge in [-0.25, -0.2) is 8.42 Å². The van der Waals surface area contributed by atoms with Gasteiger partial charge in [-0.2, -0.15) is 0 Å². The van der Waals surface area contributed by atoms with Crippen molar-refractivity contribution in [3.8, 4) is 11.5 Å². The van der Waals surface area contributed by atoms with Crippen molar-refractivity contribution >= 4 is 21.6 Å². The van der Waals surface area contributed by atoms with Gasteiger partial charge in [0.25, 0.3) is 0 Å². The second kappa shape index (κ2) is 9.18. The Kier molecular flexibility index (Phi) is 6.79. The number of para-hydroxylation sites is 1. The number of anilines is 1. The minimum Gasteiger partial charge on any atom is -0.497 e. The summed E-state index contributed by atoms with van der Waals surface area (Å²) in [5.74, 6) is 1.31. The zero-order valence-corrected chi connectivity index (χ0v) is 19.2. The van der Waals surface area contributed by atoms with E-state index in [0.29, 0.717) is 24.3 Å². The van der Waals surface area contributed by atoms with Gasteiger partial charge < -0.3 is 14.8 Å². The Hall–Kier alpha value is -2.74. The molecule has 2 aromatic carbocycles. The third-order valence-corrected chi connectivity index (χ3v) is 6.41. The third-order valence-electron chi connectivity index (χ3n) is 5.22. The lowest BCUT2D eigenvalue weighted by molar-refractivity contribution is -0.122. The highest BCUT2D eigenvalue weighted by Crippen LogP contribution is 2.41. The molecule has 0 saturated heterocycles. The molecule has 0 bridgehead atoms. The first-order chi connectivity index (χ1) is 14.6.